The summed E-state index contributed by atoms with van der Waals surface area (Å²) in [6, 6.07) is 0.470. The summed E-state index contributed by atoms with van der Waals surface area (Å²) in [5.74, 6) is 1.12. The molecule has 12 heavy (non-hydrogen) atoms. The lowest BCUT2D eigenvalue weighted by molar-refractivity contribution is -0.150. The highest BCUT2D eigenvalue weighted by Crippen LogP contribution is 2.44. The summed E-state index contributed by atoms with van der Waals surface area (Å²) in [7, 11) is 0. The van der Waals surface area contributed by atoms with Crippen molar-refractivity contribution in [1.82, 2.24) is 4.90 Å². The minimum atomic E-state index is 0.243. The van der Waals surface area contributed by atoms with Gasteiger partial charge >= 0.3 is 0 Å². The number of amides is 1. The van der Waals surface area contributed by atoms with E-state index in [0.717, 1.165) is 0 Å². The van der Waals surface area contributed by atoms with E-state index in [9.17, 15) is 4.79 Å². The number of fused-ring (bicyclic) bond motifs is 1. The Morgan fingerprint density at radius 2 is 1.75 bits per heavy atom. The predicted molar refractivity (Wildman–Crippen MR) is 47.3 cm³/mol. The van der Waals surface area contributed by atoms with Crippen molar-refractivity contribution >= 4 is 5.91 Å². The fraction of sp³-hybridized carbons (Fsp3) is 0.700. The highest BCUT2D eigenvalue weighted by atomic mass is 16.2. The number of rotatable bonds is 0. The van der Waals surface area contributed by atoms with Gasteiger partial charge in [0, 0.05) is 11.6 Å². The normalized spacial score (nSPS) is 40.2. The first kappa shape index (κ1) is 7.84. The second kappa shape index (κ2) is 2.12. The molecule has 0 radical (unpaired) electrons. The zero-order chi connectivity index (χ0) is 9.04. The van der Waals surface area contributed by atoms with E-state index < -0.39 is 0 Å². The number of β-lactam (4-membered cyclic amide) rings is 1. The van der Waals surface area contributed by atoms with E-state index >= 15 is 0 Å². The topological polar surface area (TPSA) is 20.3 Å². The lowest BCUT2D eigenvalue weighted by Gasteiger charge is -2.44. The maximum Gasteiger partial charge on any atom is 0.231 e. The van der Waals surface area contributed by atoms with E-state index in [4.69, 9.17) is 0 Å². The fourth-order valence-electron chi connectivity index (χ4n) is 2.48. The van der Waals surface area contributed by atoms with Crippen LogP contribution < -0.4 is 0 Å². The first-order valence-electron chi connectivity index (χ1n) is 4.56. The maximum atomic E-state index is 11.4. The molecule has 2 nitrogen and oxygen atoms in total. The van der Waals surface area contributed by atoms with Crippen LogP contribution in [0.4, 0.5) is 0 Å². The lowest BCUT2D eigenvalue weighted by atomic mass is 9.82. The molecule has 0 N–H and O–H groups in total. The quantitative estimate of drug-likeness (QED) is 0.501. The standard InChI is InChI=1S/C10H15NO/c1-5-6(2)9-7(3)10(12)11(9)8(5)4/h6-7,9H,1-4H3. The van der Waals surface area contributed by atoms with Gasteiger partial charge in [-0.25, -0.2) is 0 Å². The van der Waals surface area contributed by atoms with Crippen LogP contribution in [0.5, 0.6) is 0 Å². The van der Waals surface area contributed by atoms with Gasteiger partial charge in [-0.3, -0.25) is 4.79 Å². The van der Waals surface area contributed by atoms with Crippen molar-refractivity contribution in [3.8, 4) is 0 Å². The molecule has 0 aromatic rings. The molecule has 1 amide bonds. The third kappa shape index (κ3) is 0.637. The zero-order valence-electron chi connectivity index (χ0n) is 8.09. The second-order valence-corrected chi connectivity index (χ2v) is 4.04. The number of carbonyl (C=O) groups is 1. The van der Waals surface area contributed by atoms with Crippen molar-refractivity contribution in [1.29, 1.82) is 0 Å². The van der Waals surface area contributed by atoms with E-state index in [-0.39, 0.29) is 5.92 Å². The Kier molecular flexibility index (Phi) is 1.39. The molecule has 2 aliphatic heterocycles. The fourth-order valence-corrected chi connectivity index (χ4v) is 2.48. The largest absolute Gasteiger partial charge is 0.312 e. The van der Waals surface area contributed by atoms with Crippen molar-refractivity contribution in [2.24, 2.45) is 11.8 Å². The summed E-state index contributed by atoms with van der Waals surface area (Å²) < 4.78 is 0. The molecule has 3 atom stereocenters. The van der Waals surface area contributed by atoms with Gasteiger partial charge in [-0.15, -0.1) is 0 Å². The van der Waals surface area contributed by atoms with Crippen LogP contribution in [0.15, 0.2) is 11.3 Å². The minimum absolute atomic E-state index is 0.243. The maximum absolute atomic E-state index is 11.4. The molecule has 66 valence electrons. The average Bonchev–Trinajstić information content (AvgIpc) is 2.26. The summed E-state index contributed by atoms with van der Waals surface area (Å²) in [6.45, 7) is 8.44. The first-order valence-corrected chi connectivity index (χ1v) is 4.56. The predicted octanol–water partition coefficient (Wildman–Crippen LogP) is 1.78. The van der Waals surface area contributed by atoms with Crippen molar-refractivity contribution in [3.05, 3.63) is 11.3 Å². The third-order valence-corrected chi connectivity index (χ3v) is 3.56. The molecular formula is C10H15NO. The first-order chi connectivity index (χ1) is 5.55. The second-order valence-electron chi connectivity index (χ2n) is 4.04. The Bertz CT molecular complexity index is 280. The van der Waals surface area contributed by atoms with Crippen LogP contribution in [0.2, 0.25) is 0 Å². The van der Waals surface area contributed by atoms with Gasteiger partial charge in [0.1, 0.15) is 0 Å². The van der Waals surface area contributed by atoms with Crippen LogP contribution in [0.25, 0.3) is 0 Å². The molecule has 0 aromatic heterocycles. The number of hydrogen-bond donors (Lipinski definition) is 0. The number of hydrogen-bond acceptors (Lipinski definition) is 1. The molecule has 1 fully saturated rings. The Labute approximate surface area is 73.2 Å². The van der Waals surface area contributed by atoms with Gasteiger partial charge in [0.2, 0.25) is 5.91 Å². The van der Waals surface area contributed by atoms with Crippen LogP contribution in [0.3, 0.4) is 0 Å². The van der Waals surface area contributed by atoms with Crippen LogP contribution >= 0.6 is 0 Å². The van der Waals surface area contributed by atoms with E-state index in [0.29, 0.717) is 17.9 Å². The molecule has 0 saturated carbocycles. The molecular weight excluding hydrogens is 150 g/mol. The van der Waals surface area contributed by atoms with E-state index in [1.54, 1.807) is 0 Å². The number of allylic oxidation sites excluding steroid dienone is 1. The molecule has 0 aromatic carbocycles. The van der Waals surface area contributed by atoms with Gasteiger partial charge in [0.15, 0.2) is 0 Å². The van der Waals surface area contributed by atoms with Crippen molar-refractivity contribution in [3.63, 3.8) is 0 Å². The summed E-state index contributed by atoms with van der Waals surface area (Å²) >= 11 is 0. The van der Waals surface area contributed by atoms with Crippen LogP contribution in [0.1, 0.15) is 27.7 Å². The molecule has 0 bridgehead atoms. The van der Waals surface area contributed by atoms with Gasteiger partial charge in [-0.05, 0) is 19.4 Å². The summed E-state index contributed by atoms with van der Waals surface area (Å²) in [4.78, 5) is 13.4. The molecule has 2 heterocycles. The Hall–Kier alpha value is -0.790. The molecule has 2 heteroatoms. The Morgan fingerprint density at radius 3 is 2.25 bits per heavy atom. The van der Waals surface area contributed by atoms with Crippen LogP contribution in [0, 0.1) is 11.8 Å². The Morgan fingerprint density at radius 1 is 1.17 bits per heavy atom. The highest BCUT2D eigenvalue weighted by Gasteiger charge is 2.52. The van der Waals surface area contributed by atoms with Crippen molar-refractivity contribution in [2.75, 3.05) is 0 Å². The molecule has 3 unspecified atom stereocenters. The minimum Gasteiger partial charge on any atom is -0.312 e. The molecule has 1 saturated heterocycles. The molecule has 0 spiro atoms. The van der Waals surface area contributed by atoms with Gasteiger partial charge < -0.3 is 4.90 Å². The molecule has 2 aliphatic rings. The monoisotopic (exact) mass is 165 g/mol. The summed E-state index contributed by atoms with van der Waals surface area (Å²) in [6.07, 6.45) is 0. The number of nitrogens with zero attached hydrogens (tertiary/aromatic N) is 1. The van der Waals surface area contributed by atoms with Gasteiger partial charge in [-0.1, -0.05) is 13.8 Å². The average molecular weight is 165 g/mol. The summed E-state index contributed by atoms with van der Waals surface area (Å²) in [5, 5.41) is 0. The SMILES string of the molecule is CC1=C(C)N2C(=O)C(C)C2C1C. The van der Waals surface area contributed by atoms with E-state index in [1.165, 1.54) is 11.3 Å². The van der Waals surface area contributed by atoms with Gasteiger partial charge in [0.25, 0.3) is 0 Å². The molecule has 2 rings (SSSR count). The van der Waals surface area contributed by atoms with Crippen LogP contribution in [-0.2, 0) is 4.79 Å². The third-order valence-electron chi connectivity index (χ3n) is 3.56. The smallest absolute Gasteiger partial charge is 0.231 e. The lowest BCUT2D eigenvalue weighted by Crippen LogP contribution is -2.58. The highest BCUT2D eigenvalue weighted by molar-refractivity contribution is 5.88. The number of carbonyl (C=O) groups excluding carboxylic acids is 1. The summed E-state index contributed by atoms with van der Waals surface area (Å²) in [5.41, 5.74) is 2.58. The van der Waals surface area contributed by atoms with Crippen molar-refractivity contribution in [2.45, 2.75) is 33.7 Å². The Balaban J connectivity index is 2.35. The van der Waals surface area contributed by atoms with Crippen LogP contribution in [-0.4, -0.2) is 16.8 Å². The zero-order valence-corrected chi connectivity index (χ0v) is 8.09. The van der Waals surface area contributed by atoms with Crippen molar-refractivity contribution < 1.29 is 4.79 Å². The van der Waals surface area contributed by atoms with E-state index in [1.807, 2.05) is 11.8 Å². The van der Waals surface area contributed by atoms with E-state index in [2.05, 4.69) is 20.8 Å². The molecule has 0 aliphatic carbocycles. The van der Waals surface area contributed by atoms with Gasteiger partial charge in [-0.2, -0.15) is 0 Å². The van der Waals surface area contributed by atoms with Gasteiger partial charge in [0.05, 0.1) is 12.0 Å².